The second-order valence-electron chi connectivity index (χ2n) is 5.29. The maximum absolute atomic E-state index is 12.3. The Morgan fingerprint density at radius 2 is 1.91 bits per heavy atom. The van der Waals surface area contributed by atoms with Crippen LogP contribution in [0.25, 0.3) is 10.8 Å². The molecule has 122 valence electrons. The molecule has 1 aromatic carbocycles. The van der Waals surface area contributed by atoms with E-state index in [4.69, 9.17) is 0 Å². The van der Waals surface area contributed by atoms with Gasteiger partial charge in [-0.3, -0.25) is 14.4 Å². The number of benzene rings is 1. The van der Waals surface area contributed by atoms with Crippen LogP contribution in [-0.2, 0) is 16.1 Å². The summed E-state index contributed by atoms with van der Waals surface area (Å²) in [6.07, 6.45) is 3.16. The fourth-order valence-electron chi connectivity index (χ4n) is 2.17. The molecule has 0 unspecified atom stereocenters. The molecule has 0 spiro atoms. The molecule has 2 rings (SSSR count). The molecule has 0 fully saturated rings. The lowest BCUT2D eigenvalue weighted by Crippen LogP contribution is -2.23. The van der Waals surface area contributed by atoms with Gasteiger partial charge in [0, 0.05) is 24.8 Å². The van der Waals surface area contributed by atoms with E-state index in [0.717, 1.165) is 5.39 Å². The van der Waals surface area contributed by atoms with Crippen molar-refractivity contribution in [2.75, 3.05) is 11.5 Å². The molecular weight excluding hydrogens is 312 g/mol. The van der Waals surface area contributed by atoms with Gasteiger partial charge in [-0.25, -0.2) is 4.68 Å². The monoisotopic (exact) mass is 332 g/mol. The van der Waals surface area contributed by atoms with Crippen LogP contribution in [0.15, 0.2) is 35.3 Å². The van der Waals surface area contributed by atoms with Crippen molar-refractivity contribution in [3.8, 4) is 0 Å². The third kappa shape index (κ3) is 5.03. The molecule has 0 saturated heterocycles. The first-order chi connectivity index (χ1) is 11.1. The van der Waals surface area contributed by atoms with E-state index in [9.17, 15) is 14.4 Å². The zero-order chi connectivity index (χ0) is 16.7. The van der Waals surface area contributed by atoms with Gasteiger partial charge in [-0.15, -0.1) is 11.8 Å². The van der Waals surface area contributed by atoms with Crippen LogP contribution in [-0.4, -0.2) is 32.9 Å². The Hall–Kier alpha value is -1.95. The molecule has 0 radical (unpaired) electrons. The third-order valence-electron chi connectivity index (χ3n) is 3.51. The molecule has 6 heteroatoms. The topological polar surface area (TPSA) is 69.0 Å². The number of fused-ring (bicyclic) bond motifs is 1. The largest absolute Gasteiger partial charge is 0.299 e. The third-order valence-corrected chi connectivity index (χ3v) is 4.56. The Morgan fingerprint density at radius 3 is 2.70 bits per heavy atom. The number of hydrogen-bond acceptors (Lipinski definition) is 5. The molecule has 0 aliphatic rings. The van der Waals surface area contributed by atoms with E-state index in [-0.39, 0.29) is 17.1 Å². The predicted molar refractivity (Wildman–Crippen MR) is 92.9 cm³/mol. The first kappa shape index (κ1) is 17.4. The number of ketones is 2. The Labute approximate surface area is 139 Å². The summed E-state index contributed by atoms with van der Waals surface area (Å²) in [5.41, 5.74) is -0.126. The highest BCUT2D eigenvalue weighted by Crippen LogP contribution is 2.08. The van der Waals surface area contributed by atoms with E-state index in [1.54, 1.807) is 12.3 Å². The number of aryl methyl sites for hydroxylation is 1. The minimum atomic E-state index is -0.126. The van der Waals surface area contributed by atoms with Gasteiger partial charge in [0.25, 0.3) is 5.56 Å². The van der Waals surface area contributed by atoms with Gasteiger partial charge in [0.05, 0.1) is 23.1 Å². The number of aromatic nitrogens is 2. The van der Waals surface area contributed by atoms with Crippen LogP contribution < -0.4 is 5.56 Å². The summed E-state index contributed by atoms with van der Waals surface area (Å²) in [5, 5.41) is 5.60. The second-order valence-corrected chi connectivity index (χ2v) is 6.27. The summed E-state index contributed by atoms with van der Waals surface area (Å²) in [6.45, 7) is 2.24. The minimum Gasteiger partial charge on any atom is -0.299 e. The summed E-state index contributed by atoms with van der Waals surface area (Å²) in [4.78, 5) is 35.2. The van der Waals surface area contributed by atoms with E-state index in [0.29, 0.717) is 42.7 Å². The van der Waals surface area contributed by atoms with Gasteiger partial charge >= 0.3 is 0 Å². The summed E-state index contributed by atoms with van der Waals surface area (Å²) >= 11 is 1.36. The molecule has 0 saturated carbocycles. The molecule has 0 bridgehead atoms. The molecule has 5 nitrogen and oxygen atoms in total. The van der Waals surface area contributed by atoms with Gasteiger partial charge in [0.1, 0.15) is 11.6 Å². The first-order valence-corrected chi connectivity index (χ1v) is 8.83. The molecule has 23 heavy (non-hydrogen) atoms. The van der Waals surface area contributed by atoms with Crippen molar-refractivity contribution in [2.45, 2.75) is 32.7 Å². The molecule has 1 aromatic heterocycles. The lowest BCUT2D eigenvalue weighted by molar-refractivity contribution is -0.116. The van der Waals surface area contributed by atoms with Crippen molar-refractivity contribution in [3.05, 3.63) is 40.8 Å². The summed E-state index contributed by atoms with van der Waals surface area (Å²) in [5.74, 6) is 1.02. The van der Waals surface area contributed by atoms with Crippen LogP contribution >= 0.6 is 11.8 Å². The van der Waals surface area contributed by atoms with Crippen molar-refractivity contribution in [1.82, 2.24) is 9.78 Å². The van der Waals surface area contributed by atoms with Crippen LogP contribution in [0.5, 0.6) is 0 Å². The van der Waals surface area contributed by atoms with Gasteiger partial charge in [-0.1, -0.05) is 25.1 Å². The highest BCUT2D eigenvalue weighted by molar-refractivity contribution is 8.00. The average molecular weight is 332 g/mol. The fraction of sp³-hybridized carbons (Fsp3) is 0.412. The standard InChI is InChI=1S/C17H20N2O3S/c1-2-14(20)11-23-12-15(21)7-5-9-19-17(22)16-8-4-3-6-13(16)10-18-19/h3-4,6,8,10H,2,5,7,9,11-12H2,1H3. The quantitative estimate of drug-likeness (QED) is 0.705. The SMILES string of the molecule is CCC(=O)CSCC(=O)CCCn1ncc2ccccc2c1=O. The van der Waals surface area contributed by atoms with Gasteiger partial charge in [0.15, 0.2) is 0 Å². The van der Waals surface area contributed by atoms with Crippen molar-refractivity contribution in [3.63, 3.8) is 0 Å². The van der Waals surface area contributed by atoms with Crippen molar-refractivity contribution in [2.24, 2.45) is 0 Å². The first-order valence-electron chi connectivity index (χ1n) is 7.68. The van der Waals surface area contributed by atoms with Crippen LogP contribution in [0.2, 0.25) is 0 Å². The highest BCUT2D eigenvalue weighted by Gasteiger charge is 2.07. The number of carbonyl (C=O) groups excluding carboxylic acids is 2. The zero-order valence-corrected chi connectivity index (χ0v) is 14.0. The molecule has 0 aliphatic carbocycles. The average Bonchev–Trinajstić information content (AvgIpc) is 2.57. The zero-order valence-electron chi connectivity index (χ0n) is 13.2. The van der Waals surface area contributed by atoms with Gasteiger partial charge in [-0.2, -0.15) is 5.10 Å². The van der Waals surface area contributed by atoms with E-state index in [1.807, 2.05) is 25.1 Å². The van der Waals surface area contributed by atoms with Gasteiger partial charge in [-0.05, 0) is 12.5 Å². The maximum Gasteiger partial charge on any atom is 0.274 e. The molecule has 1 heterocycles. The lowest BCUT2D eigenvalue weighted by Gasteiger charge is -2.05. The van der Waals surface area contributed by atoms with E-state index in [1.165, 1.54) is 16.4 Å². The van der Waals surface area contributed by atoms with E-state index < -0.39 is 0 Å². The van der Waals surface area contributed by atoms with Gasteiger partial charge in [0.2, 0.25) is 0 Å². The van der Waals surface area contributed by atoms with Crippen LogP contribution in [0.4, 0.5) is 0 Å². The predicted octanol–water partition coefficient (Wildman–Crippen LogP) is 2.46. The molecule has 0 amide bonds. The van der Waals surface area contributed by atoms with Crippen molar-refractivity contribution < 1.29 is 9.59 Å². The number of hydrogen-bond donors (Lipinski definition) is 0. The second kappa shape index (κ2) is 8.62. The maximum atomic E-state index is 12.3. The normalized spacial score (nSPS) is 10.8. The number of thioether (sulfide) groups is 1. The van der Waals surface area contributed by atoms with Crippen molar-refractivity contribution in [1.29, 1.82) is 0 Å². The number of Topliss-reactive ketones (excluding diaryl/α,β-unsaturated/α-hetero) is 2. The van der Waals surface area contributed by atoms with Crippen LogP contribution in [0.3, 0.4) is 0 Å². The smallest absolute Gasteiger partial charge is 0.274 e. The Morgan fingerprint density at radius 1 is 1.17 bits per heavy atom. The van der Waals surface area contributed by atoms with E-state index >= 15 is 0 Å². The summed E-state index contributed by atoms with van der Waals surface area (Å²) in [6, 6.07) is 7.33. The number of carbonyl (C=O) groups is 2. The van der Waals surface area contributed by atoms with E-state index in [2.05, 4.69) is 5.10 Å². The number of nitrogens with zero attached hydrogens (tertiary/aromatic N) is 2. The van der Waals surface area contributed by atoms with Crippen molar-refractivity contribution >= 4 is 34.1 Å². The molecule has 0 atom stereocenters. The summed E-state index contributed by atoms with van der Waals surface area (Å²) in [7, 11) is 0. The molecular formula is C17H20N2O3S. The Balaban J connectivity index is 1.82. The van der Waals surface area contributed by atoms with Crippen LogP contribution in [0, 0.1) is 0 Å². The summed E-state index contributed by atoms with van der Waals surface area (Å²) < 4.78 is 1.41. The number of rotatable bonds is 9. The van der Waals surface area contributed by atoms with Crippen LogP contribution in [0.1, 0.15) is 26.2 Å². The molecule has 0 N–H and O–H groups in total. The molecule has 0 aliphatic heterocycles. The molecule has 2 aromatic rings. The Kier molecular flexibility index (Phi) is 6.52. The van der Waals surface area contributed by atoms with Gasteiger partial charge < -0.3 is 0 Å². The minimum absolute atomic E-state index is 0.104. The fourth-order valence-corrected chi connectivity index (χ4v) is 3.07. The highest BCUT2D eigenvalue weighted by atomic mass is 32.2. The Bertz CT molecular complexity index is 755. The lowest BCUT2D eigenvalue weighted by atomic mass is 10.2.